The molecule has 0 saturated heterocycles. The van der Waals surface area contributed by atoms with Crippen molar-refractivity contribution < 1.29 is 0 Å². The van der Waals surface area contributed by atoms with Crippen molar-refractivity contribution in [2.75, 3.05) is 6.54 Å². The van der Waals surface area contributed by atoms with Crippen molar-refractivity contribution in [3.63, 3.8) is 0 Å². The third kappa shape index (κ3) is 4.24. The highest BCUT2D eigenvalue weighted by Gasteiger charge is 2.31. The molecule has 4 nitrogen and oxygen atoms in total. The maximum Gasteiger partial charge on any atom is 0.213 e. The van der Waals surface area contributed by atoms with Gasteiger partial charge in [0, 0.05) is 12.6 Å². The van der Waals surface area contributed by atoms with E-state index in [0.29, 0.717) is 12.0 Å². The Morgan fingerprint density at radius 3 is 2.58 bits per heavy atom. The highest BCUT2D eigenvalue weighted by molar-refractivity contribution is 5.82. The number of hydrazine groups is 1. The lowest BCUT2D eigenvalue weighted by Gasteiger charge is -2.26. The van der Waals surface area contributed by atoms with E-state index in [0.717, 1.165) is 24.6 Å². The average Bonchev–Trinajstić information content (AvgIpc) is 3.23. The van der Waals surface area contributed by atoms with Crippen LogP contribution in [0.5, 0.6) is 0 Å². The van der Waals surface area contributed by atoms with Crippen LogP contribution >= 0.6 is 0 Å². The second-order valence-corrected chi connectivity index (χ2v) is 5.52. The number of nitrogens with two attached hydrogens (primary N) is 1. The molecule has 19 heavy (non-hydrogen) atoms. The third-order valence-electron chi connectivity index (χ3n) is 3.33. The number of aliphatic imine (C=N–C) groups is 1. The molecule has 1 aromatic carbocycles. The van der Waals surface area contributed by atoms with Crippen molar-refractivity contribution >= 4 is 11.6 Å². The molecule has 0 heterocycles. The molecule has 0 aromatic heterocycles. The van der Waals surface area contributed by atoms with Crippen molar-refractivity contribution in [2.24, 2.45) is 16.8 Å². The van der Waals surface area contributed by atoms with Gasteiger partial charge in [-0.15, -0.1) is 0 Å². The van der Waals surface area contributed by atoms with E-state index in [1.165, 1.54) is 12.8 Å². The Hall–Kier alpha value is -1.55. The van der Waals surface area contributed by atoms with Gasteiger partial charge in [0.25, 0.3) is 0 Å². The fourth-order valence-corrected chi connectivity index (χ4v) is 2.05. The van der Waals surface area contributed by atoms with E-state index in [2.05, 4.69) is 29.2 Å². The van der Waals surface area contributed by atoms with Crippen molar-refractivity contribution in [3.05, 3.63) is 30.3 Å². The lowest BCUT2D eigenvalue weighted by atomic mass is 10.1. The molecule has 1 saturated carbocycles. The SMILES string of the molecule is CC(C)CCN(C(=Nc1ccccc1)NN)C1CC1. The van der Waals surface area contributed by atoms with Gasteiger partial charge < -0.3 is 4.90 Å². The molecular formula is C15H24N4. The number of hydrogen-bond acceptors (Lipinski definition) is 2. The van der Waals surface area contributed by atoms with Crippen LogP contribution in [0.25, 0.3) is 0 Å². The second kappa shape index (κ2) is 6.57. The molecule has 0 bridgehead atoms. The first-order valence-electron chi connectivity index (χ1n) is 7.07. The van der Waals surface area contributed by atoms with E-state index < -0.39 is 0 Å². The molecule has 0 unspecified atom stereocenters. The van der Waals surface area contributed by atoms with Gasteiger partial charge in [-0.25, -0.2) is 10.8 Å². The van der Waals surface area contributed by atoms with E-state index in [1.807, 2.05) is 30.3 Å². The van der Waals surface area contributed by atoms with E-state index in [1.54, 1.807) is 0 Å². The van der Waals surface area contributed by atoms with Crippen molar-refractivity contribution in [1.29, 1.82) is 0 Å². The van der Waals surface area contributed by atoms with Crippen LogP contribution in [0, 0.1) is 5.92 Å². The van der Waals surface area contributed by atoms with E-state index >= 15 is 0 Å². The van der Waals surface area contributed by atoms with Crippen LogP contribution in [0.15, 0.2) is 35.3 Å². The zero-order valence-electron chi connectivity index (χ0n) is 11.8. The van der Waals surface area contributed by atoms with Gasteiger partial charge in [-0.3, -0.25) is 5.43 Å². The molecule has 4 heteroatoms. The van der Waals surface area contributed by atoms with Gasteiger partial charge in [-0.2, -0.15) is 0 Å². The van der Waals surface area contributed by atoms with Crippen LogP contribution in [0.1, 0.15) is 33.1 Å². The number of nitrogens with one attached hydrogen (secondary N) is 1. The standard InChI is InChI=1S/C15H24N4/c1-12(2)10-11-19(14-8-9-14)15(18-16)17-13-6-4-3-5-7-13/h3-7,12,14H,8-11,16H2,1-2H3,(H,17,18). The first-order valence-corrected chi connectivity index (χ1v) is 7.07. The fraction of sp³-hybridized carbons (Fsp3) is 0.533. The number of para-hydroxylation sites is 1. The average molecular weight is 260 g/mol. The van der Waals surface area contributed by atoms with Crippen LogP contribution in [-0.2, 0) is 0 Å². The topological polar surface area (TPSA) is 53.6 Å². The number of hydrogen-bond donors (Lipinski definition) is 2. The summed E-state index contributed by atoms with van der Waals surface area (Å²) in [6.45, 7) is 5.50. The van der Waals surface area contributed by atoms with E-state index in [4.69, 9.17) is 5.84 Å². The summed E-state index contributed by atoms with van der Waals surface area (Å²) < 4.78 is 0. The van der Waals surface area contributed by atoms with E-state index in [9.17, 15) is 0 Å². The second-order valence-electron chi connectivity index (χ2n) is 5.52. The zero-order valence-corrected chi connectivity index (χ0v) is 11.8. The number of rotatable bonds is 5. The minimum Gasteiger partial charge on any atom is -0.339 e. The van der Waals surface area contributed by atoms with Gasteiger partial charge in [-0.1, -0.05) is 32.0 Å². The molecule has 1 aromatic rings. The van der Waals surface area contributed by atoms with Crippen LogP contribution in [0.4, 0.5) is 5.69 Å². The highest BCUT2D eigenvalue weighted by Crippen LogP contribution is 2.28. The van der Waals surface area contributed by atoms with Crippen LogP contribution in [-0.4, -0.2) is 23.4 Å². The van der Waals surface area contributed by atoms with Gasteiger partial charge in [0.2, 0.25) is 5.96 Å². The largest absolute Gasteiger partial charge is 0.339 e. The molecule has 0 amide bonds. The first kappa shape index (κ1) is 13.9. The smallest absolute Gasteiger partial charge is 0.213 e. The van der Waals surface area contributed by atoms with Crippen molar-refractivity contribution in [2.45, 2.75) is 39.2 Å². The quantitative estimate of drug-likeness (QED) is 0.370. The molecule has 2 rings (SSSR count). The molecular weight excluding hydrogens is 236 g/mol. The Morgan fingerprint density at radius 2 is 2.05 bits per heavy atom. The Kier molecular flexibility index (Phi) is 4.80. The van der Waals surface area contributed by atoms with Crippen molar-refractivity contribution in [3.8, 4) is 0 Å². The van der Waals surface area contributed by atoms with Gasteiger partial charge in [0.05, 0.1) is 5.69 Å². The first-order chi connectivity index (χ1) is 9.20. The summed E-state index contributed by atoms with van der Waals surface area (Å²) in [5, 5.41) is 0. The lowest BCUT2D eigenvalue weighted by molar-refractivity contribution is 0.361. The molecule has 0 aliphatic heterocycles. The summed E-state index contributed by atoms with van der Waals surface area (Å²) in [7, 11) is 0. The van der Waals surface area contributed by atoms with E-state index in [-0.39, 0.29) is 0 Å². The van der Waals surface area contributed by atoms with Crippen LogP contribution in [0.3, 0.4) is 0 Å². The fourth-order valence-electron chi connectivity index (χ4n) is 2.05. The Bertz CT molecular complexity index is 409. The third-order valence-corrected chi connectivity index (χ3v) is 3.33. The molecule has 1 aliphatic carbocycles. The molecule has 1 fully saturated rings. The number of guanidine groups is 1. The Balaban J connectivity index is 2.10. The van der Waals surface area contributed by atoms with Gasteiger partial charge in [0.15, 0.2) is 0 Å². The molecule has 0 spiro atoms. The lowest BCUT2D eigenvalue weighted by Crippen LogP contribution is -2.46. The normalized spacial score (nSPS) is 15.7. The zero-order chi connectivity index (χ0) is 13.7. The Morgan fingerprint density at radius 1 is 1.37 bits per heavy atom. The predicted molar refractivity (Wildman–Crippen MR) is 80.0 cm³/mol. The summed E-state index contributed by atoms with van der Waals surface area (Å²) in [6.07, 6.45) is 3.65. The minimum atomic E-state index is 0.609. The molecule has 0 atom stereocenters. The van der Waals surface area contributed by atoms with Crippen LogP contribution in [0.2, 0.25) is 0 Å². The summed E-state index contributed by atoms with van der Waals surface area (Å²) in [4.78, 5) is 6.94. The minimum absolute atomic E-state index is 0.609. The van der Waals surface area contributed by atoms with Gasteiger partial charge in [0.1, 0.15) is 0 Å². The van der Waals surface area contributed by atoms with Gasteiger partial charge >= 0.3 is 0 Å². The number of nitrogens with zero attached hydrogens (tertiary/aromatic N) is 2. The molecule has 3 N–H and O–H groups in total. The maximum absolute atomic E-state index is 5.67. The molecule has 0 radical (unpaired) electrons. The monoisotopic (exact) mass is 260 g/mol. The summed E-state index contributed by atoms with van der Waals surface area (Å²) in [6, 6.07) is 10.6. The number of benzene rings is 1. The summed E-state index contributed by atoms with van der Waals surface area (Å²) in [5.74, 6) is 7.15. The summed E-state index contributed by atoms with van der Waals surface area (Å²) in [5.41, 5.74) is 3.71. The highest BCUT2D eigenvalue weighted by atomic mass is 15.4. The van der Waals surface area contributed by atoms with Crippen molar-refractivity contribution in [1.82, 2.24) is 10.3 Å². The predicted octanol–water partition coefficient (Wildman–Crippen LogP) is 2.65. The maximum atomic E-state index is 5.67. The molecule has 104 valence electrons. The molecule has 1 aliphatic rings. The summed E-state index contributed by atoms with van der Waals surface area (Å²) >= 11 is 0. The van der Waals surface area contributed by atoms with Gasteiger partial charge in [-0.05, 0) is 37.3 Å². The Labute approximate surface area is 115 Å². The van der Waals surface area contributed by atoms with Crippen LogP contribution < -0.4 is 11.3 Å².